The van der Waals surface area contributed by atoms with E-state index in [1.165, 1.54) is 6.07 Å². The molecular formula is C24H29FN2O2. The Hall–Kier alpha value is -2.27. The largest absolute Gasteiger partial charge is 0.389 e. The lowest BCUT2D eigenvalue weighted by atomic mass is 9.82. The van der Waals surface area contributed by atoms with Gasteiger partial charge in [-0.1, -0.05) is 37.5 Å². The second-order valence-corrected chi connectivity index (χ2v) is 8.60. The van der Waals surface area contributed by atoms with E-state index in [1.54, 1.807) is 12.1 Å². The summed E-state index contributed by atoms with van der Waals surface area (Å²) >= 11 is 0. The van der Waals surface area contributed by atoms with Crippen molar-refractivity contribution >= 4 is 5.91 Å². The predicted molar refractivity (Wildman–Crippen MR) is 110 cm³/mol. The highest BCUT2D eigenvalue weighted by Crippen LogP contribution is 2.35. The Balaban J connectivity index is 1.42. The van der Waals surface area contributed by atoms with Gasteiger partial charge in [0.05, 0.1) is 23.8 Å². The van der Waals surface area contributed by atoms with E-state index >= 15 is 0 Å². The Labute approximate surface area is 171 Å². The Morgan fingerprint density at radius 2 is 1.97 bits per heavy atom. The minimum absolute atomic E-state index is 0.0158. The first-order valence-electron chi connectivity index (χ1n) is 10.7. The number of benzene rings is 1. The Morgan fingerprint density at radius 3 is 2.69 bits per heavy atom. The van der Waals surface area contributed by atoms with E-state index in [0.717, 1.165) is 68.3 Å². The maximum atomic E-state index is 13.4. The summed E-state index contributed by atoms with van der Waals surface area (Å²) in [5, 5.41) is 10.8. The van der Waals surface area contributed by atoms with Gasteiger partial charge >= 0.3 is 0 Å². The summed E-state index contributed by atoms with van der Waals surface area (Å²) < 4.78 is 13.4. The first kappa shape index (κ1) is 20.0. The van der Waals surface area contributed by atoms with Crippen LogP contribution in [0.2, 0.25) is 0 Å². The molecule has 2 fully saturated rings. The molecule has 1 aromatic carbocycles. The normalized spacial score (nSPS) is 21.3. The molecule has 1 aromatic heterocycles. The Bertz CT molecular complexity index is 846. The van der Waals surface area contributed by atoms with Crippen molar-refractivity contribution in [1.29, 1.82) is 0 Å². The van der Waals surface area contributed by atoms with Crippen LogP contribution in [0.5, 0.6) is 0 Å². The molecular weight excluding hydrogens is 367 g/mol. The third kappa shape index (κ3) is 4.84. The lowest BCUT2D eigenvalue weighted by Crippen LogP contribution is -2.40. The fraction of sp³-hybridized carbons (Fsp3) is 0.500. The average molecular weight is 397 g/mol. The van der Waals surface area contributed by atoms with Crippen LogP contribution in [-0.2, 0) is 11.2 Å². The van der Waals surface area contributed by atoms with Gasteiger partial charge in [-0.3, -0.25) is 9.78 Å². The van der Waals surface area contributed by atoms with Crippen molar-refractivity contribution in [1.82, 2.24) is 9.88 Å². The maximum Gasteiger partial charge on any atom is 0.226 e. The molecule has 1 aliphatic carbocycles. The standard InChI is InChI=1S/C24H29FN2O2/c25-20-7-4-6-18(15-20)14-19-9-10-21(26-17-19)22-8-5-13-27(22)23(28)16-24(29)11-2-1-3-12-24/h4,6-7,9-10,15,17,22,29H,1-3,5,8,11-14,16H2/t22-/m0/s1. The van der Waals surface area contributed by atoms with Crippen LogP contribution in [0.25, 0.3) is 0 Å². The lowest BCUT2D eigenvalue weighted by Gasteiger charge is -2.34. The van der Waals surface area contributed by atoms with Crippen LogP contribution in [0.1, 0.15) is 74.2 Å². The molecule has 4 nitrogen and oxygen atoms in total. The van der Waals surface area contributed by atoms with Crippen LogP contribution in [0.15, 0.2) is 42.6 Å². The molecule has 5 heteroatoms. The second-order valence-electron chi connectivity index (χ2n) is 8.60. The highest BCUT2D eigenvalue weighted by Gasteiger charge is 2.37. The van der Waals surface area contributed by atoms with Gasteiger partial charge in [-0.05, 0) is 61.4 Å². The molecule has 154 valence electrons. The average Bonchev–Trinajstić information content (AvgIpc) is 3.19. The number of halogens is 1. The summed E-state index contributed by atoms with van der Waals surface area (Å²) in [7, 11) is 0. The molecule has 1 amide bonds. The number of aliphatic hydroxyl groups is 1. The van der Waals surface area contributed by atoms with E-state index in [-0.39, 0.29) is 24.2 Å². The fourth-order valence-electron chi connectivity index (χ4n) is 4.76. The van der Waals surface area contributed by atoms with Crippen molar-refractivity contribution in [2.24, 2.45) is 0 Å². The molecule has 29 heavy (non-hydrogen) atoms. The minimum Gasteiger partial charge on any atom is -0.389 e. The third-order valence-corrected chi connectivity index (χ3v) is 6.32. The second kappa shape index (κ2) is 8.62. The van der Waals surface area contributed by atoms with Crippen LogP contribution in [0.4, 0.5) is 4.39 Å². The van der Waals surface area contributed by atoms with Crippen LogP contribution in [-0.4, -0.2) is 33.0 Å². The Morgan fingerprint density at radius 1 is 1.14 bits per heavy atom. The van der Waals surface area contributed by atoms with Crippen molar-refractivity contribution < 1.29 is 14.3 Å². The van der Waals surface area contributed by atoms with Gasteiger partial charge in [0.2, 0.25) is 5.91 Å². The fourth-order valence-corrected chi connectivity index (χ4v) is 4.76. The summed E-state index contributed by atoms with van der Waals surface area (Å²) in [6, 6.07) is 10.6. The molecule has 0 spiro atoms. The topological polar surface area (TPSA) is 53.4 Å². The third-order valence-electron chi connectivity index (χ3n) is 6.32. The zero-order chi connectivity index (χ0) is 20.3. The quantitative estimate of drug-likeness (QED) is 0.806. The van der Waals surface area contributed by atoms with Crippen molar-refractivity contribution in [3.63, 3.8) is 0 Å². The minimum atomic E-state index is -0.829. The molecule has 1 saturated carbocycles. The number of pyridine rings is 1. The molecule has 0 radical (unpaired) electrons. The van der Waals surface area contributed by atoms with Gasteiger partial charge in [-0.25, -0.2) is 4.39 Å². The van der Waals surface area contributed by atoms with Crippen LogP contribution in [0.3, 0.4) is 0 Å². The SMILES string of the molecule is O=C(CC1(O)CCCCC1)N1CCC[C@H]1c1ccc(Cc2cccc(F)c2)cn1. The number of likely N-dealkylation sites (tertiary alicyclic amines) is 1. The van der Waals surface area contributed by atoms with E-state index in [2.05, 4.69) is 4.98 Å². The molecule has 0 bridgehead atoms. The van der Waals surface area contributed by atoms with E-state index in [0.29, 0.717) is 6.42 Å². The lowest BCUT2D eigenvalue weighted by molar-refractivity contribution is -0.138. The van der Waals surface area contributed by atoms with Crippen molar-refractivity contribution in [2.75, 3.05) is 6.54 Å². The number of hydrogen-bond acceptors (Lipinski definition) is 3. The van der Waals surface area contributed by atoms with Gasteiger partial charge in [0.15, 0.2) is 0 Å². The van der Waals surface area contributed by atoms with E-state index in [1.807, 2.05) is 29.3 Å². The van der Waals surface area contributed by atoms with E-state index in [9.17, 15) is 14.3 Å². The zero-order valence-electron chi connectivity index (χ0n) is 16.8. The van der Waals surface area contributed by atoms with Crippen molar-refractivity contribution in [3.05, 3.63) is 65.2 Å². The van der Waals surface area contributed by atoms with Crippen molar-refractivity contribution in [3.8, 4) is 0 Å². The predicted octanol–water partition coefficient (Wildman–Crippen LogP) is 4.56. The molecule has 2 aliphatic rings. The van der Waals surface area contributed by atoms with Crippen LogP contribution < -0.4 is 0 Å². The van der Waals surface area contributed by atoms with Crippen LogP contribution >= 0.6 is 0 Å². The first-order valence-corrected chi connectivity index (χ1v) is 10.7. The van der Waals surface area contributed by atoms with E-state index in [4.69, 9.17) is 0 Å². The van der Waals surface area contributed by atoms with Crippen molar-refractivity contribution in [2.45, 2.75) is 69.4 Å². The number of carbonyl (C=O) groups excluding carboxylic acids is 1. The van der Waals surface area contributed by atoms with Gasteiger partial charge < -0.3 is 10.0 Å². The number of rotatable bonds is 5. The summed E-state index contributed by atoms with van der Waals surface area (Å²) in [6.07, 6.45) is 9.15. The van der Waals surface area contributed by atoms with Gasteiger partial charge in [-0.15, -0.1) is 0 Å². The van der Waals surface area contributed by atoms with Gasteiger partial charge in [0, 0.05) is 12.7 Å². The molecule has 1 aliphatic heterocycles. The Kier molecular flexibility index (Phi) is 5.95. The summed E-state index contributed by atoms with van der Waals surface area (Å²) in [5.74, 6) is -0.186. The highest BCUT2D eigenvalue weighted by atomic mass is 19.1. The number of aromatic nitrogens is 1. The highest BCUT2D eigenvalue weighted by molar-refractivity contribution is 5.78. The maximum absolute atomic E-state index is 13.4. The zero-order valence-corrected chi connectivity index (χ0v) is 16.8. The van der Waals surface area contributed by atoms with Gasteiger partial charge in [0.25, 0.3) is 0 Å². The molecule has 4 rings (SSSR count). The van der Waals surface area contributed by atoms with E-state index < -0.39 is 5.60 Å². The van der Waals surface area contributed by atoms with Crippen LogP contribution in [0, 0.1) is 5.82 Å². The summed E-state index contributed by atoms with van der Waals surface area (Å²) in [5.41, 5.74) is 2.00. The van der Waals surface area contributed by atoms with Gasteiger partial charge in [0.1, 0.15) is 5.82 Å². The first-order chi connectivity index (χ1) is 14.0. The summed E-state index contributed by atoms with van der Waals surface area (Å²) in [4.78, 5) is 19.5. The molecule has 1 N–H and O–H groups in total. The molecule has 1 atom stereocenters. The summed E-state index contributed by atoms with van der Waals surface area (Å²) in [6.45, 7) is 0.728. The number of hydrogen-bond donors (Lipinski definition) is 1. The molecule has 2 aromatic rings. The number of carbonyl (C=O) groups is 1. The number of amides is 1. The molecule has 2 heterocycles. The smallest absolute Gasteiger partial charge is 0.226 e. The van der Waals surface area contributed by atoms with Gasteiger partial charge in [-0.2, -0.15) is 0 Å². The molecule has 1 saturated heterocycles. The monoisotopic (exact) mass is 396 g/mol. The molecule has 0 unspecified atom stereocenters. The number of nitrogens with zero attached hydrogens (tertiary/aromatic N) is 2.